The van der Waals surface area contributed by atoms with Crippen molar-refractivity contribution in [3.8, 4) is 0 Å². The van der Waals surface area contributed by atoms with Crippen molar-refractivity contribution in [2.45, 2.75) is 32.7 Å². The lowest BCUT2D eigenvalue weighted by Crippen LogP contribution is -1.96. The molecule has 1 aromatic heterocycles. The van der Waals surface area contributed by atoms with Crippen molar-refractivity contribution in [1.82, 2.24) is 4.57 Å². The van der Waals surface area contributed by atoms with Crippen molar-refractivity contribution in [3.05, 3.63) is 36.0 Å². The van der Waals surface area contributed by atoms with Gasteiger partial charge in [-0.2, -0.15) is 0 Å². The standard InChI is InChI=1S/C14H17N/c1-11-2-5-13-7-9-15(14(13)10-11)8-6-12-3-4-12/h2,5,7,9-10,12H,3-4,6,8H2,1H3. The highest BCUT2D eigenvalue weighted by Gasteiger charge is 2.20. The highest BCUT2D eigenvalue weighted by Crippen LogP contribution is 2.33. The summed E-state index contributed by atoms with van der Waals surface area (Å²) in [6.07, 6.45) is 6.50. The first-order valence-electron chi connectivity index (χ1n) is 5.88. The smallest absolute Gasteiger partial charge is 0.0482 e. The minimum atomic E-state index is 1.02. The number of hydrogen-bond donors (Lipinski definition) is 0. The molecule has 1 aliphatic carbocycles. The lowest BCUT2D eigenvalue weighted by atomic mass is 10.2. The number of aromatic nitrogens is 1. The molecule has 0 N–H and O–H groups in total. The molecule has 78 valence electrons. The van der Waals surface area contributed by atoms with Gasteiger partial charge in [-0.3, -0.25) is 0 Å². The molecule has 1 fully saturated rings. The molecule has 1 aliphatic rings. The predicted octanol–water partition coefficient (Wildman–Crippen LogP) is 3.75. The van der Waals surface area contributed by atoms with Gasteiger partial charge in [0.1, 0.15) is 0 Å². The maximum atomic E-state index is 2.40. The first-order chi connectivity index (χ1) is 7.33. The van der Waals surface area contributed by atoms with Crippen LogP contribution >= 0.6 is 0 Å². The van der Waals surface area contributed by atoms with Crippen LogP contribution in [-0.2, 0) is 6.54 Å². The molecular weight excluding hydrogens is 182 g/mol. The Morgan fingerprint density at radius 1 is 1.27 bits per heavy atom. The molecule has 1 nitrogen and oxygen atoms in total. The van der Waals surface area contributed by atoms with E-state index in [9.17, 15) is 0 Å². The SMILES string of the molecule is Cc1ccc2ccn(CCC3CC3)c2c1. The van der Waals surface area contributed by atoms with Crippen molar-refractivity contribution in [2.24, 2.45) is 5.92 Å². The third-order valence-electron chi connectivity index (χ3n) is 3.40. The van der Waals surface area contributed by atoms with Crippen LogP contribution in [0.5, 0.6) is 0 Å². The molecule has 0 unspecified atom stereocenters. The van der Waals surface area contributed by atoms with Gasteiger partial charge in [-0.15, -0.1) is 0 Å². The fraction of sp³-hybridized carbons (Fsp3) is 0.429. The van der Waals surface area contributed by atoms with Gasteiger partial charge in [0.2, 0.25) is 0 Å². The first kappa shape index (κ1) is 9.02. The number of hydrogen-bond acceptors (Lipinski definition) is 0. The molecular formula is C14H17N. The van der Waals surface area contributed by atoms with Gasteiger partial charge in [-0.05, 0) is 42.3 Å². The summed E-state index contributed by atoms with van der Waals surface area (Å²) in [4.78, 5) is 0. The van der Waals surface area contributed by atoms with Gasteiger partial charge in [-0.25, -0.2) is 0 Å². The summed E-state index contributed by atoms with van der Waals surface area (Å²) in [7, 11) is 0. The summed E-state index contributed by atoms with van der Waals surface area (Å²) in [5, 5.41) is 1.37. The molecule has 0 bridgehead atoms. The van der Waals surface area contributed by atoms with E-state index in [1.54, 1.807) is 0 Å². The number of aryl methyl sites for hydroxylation is 2. The van der Waals surface area contributed by atoms with Crippen molar-refractivity contribution in [3.63, 3.8) is 0 Å². The van der Waals surface area contributed by atoms with Crippen molar-refractivity contribution in [2.75, 3.05) is 0 Å². The van der Waals surface area contributed by atoms with E-state index >= 15 is 0 Å². The Bertz CT molecular complexity index is 477. The third-order valence-corrected chi connectivity index (χ3v) is 3.40. The topological polar surface area (TPSA) is 4.93 Å². The second-order valence-electron chi connectivity index (χ2n) is 4.80. The molecule has 2 aromatic rings. The number of rotatable bonds is 3. The average molecular weight is 199 g/mol. The van der Waals surface area contributed by atoms with Crippen LogP contribution in [0, 0.1) is 12.8 Å². The molecule has 1 aromatic carbocycles. The van der Waals surface area contributed by atoms with Crippen LogP contribution in [0.25, 0.3) is 10.9 Å². The van der Waals surface area contributed by atoms with E-state index in [1.165, 1.54) is 42.3 Å². The van der Waals surface area contributed by atoms with Crippen LogP contribution in [0.15, 0.2) is 30.5 Å². The second kappa shape index (κ2) is 3.41. The quantitative estimate of drug-likeness (QED) is 0.709. The summed E-state index contributed by atoms with van der Waals surface area (Å²) in [6, 6.07) is 8.93. The molecule has 1 saturated carbocycles. The Morgan fingerprint density at radius 2 is 2.13 bits per heavy atom. The van der Waals surface area contributed by atoms with E-state index in [-0.39, 0.29) is 0 Å². The average Bonchev–Trinajstić information content (AvgIpc) is 2.97. The number of fused-ring (bicyclic) bond motifs is 1. The van der Waals surface area contributed by atoms with Crippen molar-refractivity contribution < 1.29 is 0 Å². The zero-order valence-corrected chi connectivity index (χ0v) is 9.24. The van der Waals surface area contributed by atoms with Crippen LogP contribution in [0.3, 0.4) is 0 Å². The monoisotopic (exact) mass is 199 g/mol. The molecule has 0 atom stereocenters. The van der Waals surface area contributed by atoms with Crippen LogP contribution in [0.4, 0.5) is 0 Å². The Hall–Kier alpha value is -1.24. The van der Waals surface area contributed by atoms with Gasteiger partial charge < -0.3 is 4.57 Å². The molecule has 0 spiro atoms. The predicted molar refractivity (Wildman–Crippen MR) is 64.0 cm³/mol. The van der Waals surface area contributed by atoms with E-state index in [0.29, 0.717) is 0 Å². The molecule has 3 rings (SSSR count). The van der Waals surface area contributed by atoms with Crippen LogP contribution < -0.4 is 0 Å². The van der Waals surface area contributed by atoms with Crippen LogP contribution in [0.2, 0.25) is 0 Å². The molecule has 1 heteroatoms. The van der Waals surface area contributed by atoms with Gasteiger partial charge in [0, 0.05) is 18.3 Å². The van der Waals surface area contributed by atoms with Crippen LogP contribution in [0.1, 0.15) is 24.8 Å². The Labute approximate surface area is 90.7 Å². The third kappa shape index (κ3) is 1.79. The lowest BCUT2D eigenvalue weighted by molar-refractivity contribution is 0.611. The molecule has 0 amide bonds. The minimum absolute atomic E-state index is 1.02. The van der Waals surface area contributed by atoms with Gasteiger partial charge in [0.15, 0.2) is 0 Å². The molecule has 0 saturated heterocycles. The number of benzene rings is 1. The number of nitrogens with zero attached hydrogens (tertiary/aromatic N) is 1. The zero-order chi connectivity index (χ0) is 10.3. The van der Waals surface area contributed by atoms with Gasteiger partial charge in [0.05, 0.1) is 0 Å². The Morgan fingerprint density at radius 3 is 2.93 bits per heavy atom. The van der Waals surface area contributed by atoms with Gasteiger partial charge >= 0.3 is 0 Å². The summed E-state index contributed by atoms with van der Waals surface area (Å²) in [6.45, 7) is 3.36. The summed E-state index contributed by atoms with van der Waals surface area (Å²) in [5.41, 5.74) is 2.75. The van der Waals surface area contributed by atoms with Crippen LogP contribution in [-0.4, -0.2) is 4.57 Å². The molecule has 0 aliphatic heterocycles. The highest BCUT2D eigenvalue weighted by atomic mass is 14.9. The minimum Gasteiger partial charge on any atom is -0.347 e. The highest BCUT2D eigenvalue weighted by molar-refractivity contribution is 5.80. The Kier molecular flexibility index (Phi) is 2.05. The first-order valence-corrected chi connectivity index (χ1v) is 5.88. The lowest BCUT2D eigenvalue weighted by Gasteiger charge is -2.04. The fourth-order valence-electron chi connectivity index (χ4n) is 2.22. The van der Waals surface area contributed by atoms with E-state index in [0.717, 1.165) is 5.92 Å². The van der Waals surface area contributed by atoms with Crippen molar-refractivity contribution in [1.29, 1.82) is 0 Å². The van der Waals surface area contributed by atoms with Gasteiger partial charge in [-0.1, -0.05) is 25.0 Å². The van der Waals surface area contributed by atoms with E-state index in [2.05, 4.69) is 42.0 Å². The maximum absolute atomic E-state index is 2.40. The second-order valence-corrected chi connectivity index (χ2v) is 4.80. The Balaban J connectivity index is 1.91. The van der Waals surface area contributed by atoms with E-state index < -0.39 is 0 Å². The van der Waals surface area contributed by atoms with E-state index in [1.807, 2.05) is 0 Å². The summed E-state index contributed by atoms with van der Waals surface area (Å²) < 4.78 is 2.40. The zero-order valence-electron chi connectivity index (χ0n) is 9.24. The maximum Gasteiger partial charge on any atom is 0.0482 e. The van der Waals surface area contributed by atoms with Gasteiger partial charge in [0.25, 0.3) is 0 Å². The molecule has 15 heavy (non-hydrogen) atoms. The summed E-state index contributed by atoms with van der Waals surface area (Å²) >= 11 is 0. The normalized spacial score (nSPS) is 16.1. The molecule has 1 heterocycles. The fourth-order valence-corrected chi connectivity index (χ4v) is 2.22. The molecule has 0 radical (unpaired) electrons. The van der Waals surface area contributed by atoms with Crippen molar-refractivity contribution >= 4 is 10.9 Å². The summed E-state index contributed by atoms with van der Waals surface area (Å²) in [5.74, 6) is 1.02. The van der Waals surface area contributed by atoms with E-state index in [4.69, 9.17) is 0 Å². The largest absolute Gasteiger partial charge is 0.347 e.